The number of amides is 1. The van der Waals surface area contributed by atoms with Crippen molar-refractivity contribution in [3.8, 4) is 11.4 Å². The van der Waals surface area contributed by atoms with Crippen molar-refractivity contribution in [3.05, 3.63) is 47.8 Å². The van der Waals surface area contributed by atoms with Crippen LogP contribution < -0.4 is 0 Å². The summed E-state index contributed by atoms with van der Waals surface area (Å²) in [6.45, 7) is 6.70. The maximum atomic E-state index is 13.4. The molecular weight excluding hydrogens is 350 g/mol. The molecule has 0 spiro atoms. The molecule has 0 bridgehead atoms. The number of hydrogen-bond acceptors (Lipinski definition) is 4. The third-order valence-electron chi connectivity index (χ3n) is 5.28. The van der Waals surface area contributed by atoms with E-state index in [4.69, 9.17) is 4.74 Å². The number of aromatic nitrogens is 2. The van der Waals surface area contributed by atoms with Gasteiger partial charge in [-0.2, -0.15) is 0 Å². The number of rotatable bonds is 5. The average molecular weight is 384 g/mol. The van der Waals surface area contributed by atoms with E-state index in [0.717, 1.165) is 30.4 Å². The summed E-state index contributed by atoms with van der Waals surface area (Å²) in [5.74, 6) is 1.01. The Hall–Kier alpha value is -2.27. The van der Waals surface area contributed by atoms with Gasteiger partial charge in [0, 0.05) is 44.1 Å². The van der Waals surface area contributed by atoms with Crippen molar-refractivity contribution >= 4 is 5.91 Å². The van der Waals surface area contributed by atoms with Crippen LogP contribution in [0.3, 0.4) is 0 Å². The summed E-state index contributed by atoms with van der Waals surface area (Å²) in [6.07, 6.45) is 7.91. The van der Waals surface area contributed by atoms with Crippen LogP contribution >= 0.6 is 0 Å². The van der Waals surface area contributed by atoms with Crippen molar-refractivity contribution in [3.63, 3.8) is 0 Å². The lowest BCUT2D eigenvalue weighted by atomic mass is 9.84. The van der Waals surface area contributed by atoms with Crippen molar-refractivity contribution in [2.45, 2.75) is 52.5 Å². The van der Waals surface area contributed by atoms with Crippen molar-refractivity contribution in [2.75, 3.05) is 20.8 Å². The van der Waals surface area contributed by atoms with E-state index in [0.29, 0.717) is 23.9 Å². The fraction of sp³-hybridized carbons (Fsp3) is 0.522. The van der Waals surface area contributed by atoms with E-state index in [1.54, 1.807) is 25.6 Å². The SMILES string of the molecule is CC.COCC1CCCCC1N(C)C(=O)c1cc(C)ccc1-c1ncccn1. The van der Waals surface area contributed by atoms with E-state index in [2.05, 4.69) is 9.97 Å². The second-order valence-electron chi connectivity index (χ2n) is 7.10. The number of benzene rings is 1. The average Bonchev–Trinajstić information content (AvgIpc) is 2.75. The summed E-state index contributed by atoms with van der Waals surface area (Å²) in [5, 5.41) is 0. The highest BCUT2D eigenvalue weighted by atomic mass is 16.5. The number of nitrogens with zero attached hydrogens (tertiary/aromatic N) is 3. The van der Waals surface area contributed by atoms with E-state index in [1.165, 1.54) is 6.42 Å². The van der Waals surface area contributed by atoms with Gasteiger partial charge in [-0.25, -0.2) is 9.97 Å². The molecule has 0 N–H and O–H groups in total. The normalized spacial score (nSPS) is 18.8. The Balaban J connectivity index is 0.00000136. The molecule has 1 saturated carbocycles. The van der Waals surface area contributed by atoms with Crippen molar-refractivity contribution < 1.29 is 9.53 Å². The van der Waals surface area contributed by atoms with Gasteiger partial charge in [-0.05, 0) is 31.9 Å². The molecule has 2 aromatic rings. The minimum atomic E-state index is 0.0316. The molecule has 1 aromatic heterocycles. The maximum absolute atomic E-state index is 13.4. The van der Waals surface area contributed by atoms with Crippen molar-refractivity contribution in [1.29, 1.82) is 0 Å². The molecule has 1 aromatic carbocycles. The largest absolute Gasteiger partial charge is 0.384 e. The molecular formula is C23H33N3O2. The van der Waals surface area contributed by atoms with Gasteiger partial charge >= 0.3 is 0 Å². The van der Waals surface area contributed by atoms with Crippen LogP contribution in [0.5, 0.6) is 0 Å². The first kappa shape index (κ1) is 22.0. The van der Waals surface area contributed by atoms with Gasteiger partial charge in [-0.15, -0.1) is 0 Å². The first-order valence-electron chi connectivity index (χ1n) is 10.3. The molecule has 1 amide bonds. The minimum Gasteiger partial charge on any atom is -0.384 e. The molecule has 3 rings (SSSR count). The lowest BCUT2D eigenvalue weighted by molar-refractivity contribution is 0.0439. The Labute approximate surface area is 169 Å². The van der Waals surface area contributed by atoms with Gasteiger partial charge in [-0.3, -0.25) is 4.79 Å². The standard InChI is InChI=1S/C21H27N3O2.C2H6/c1-15-9-10-17(20-22-11-6-12-23-20)18(13-15)21(25)24(2)19-8-5-4-7-16(19)14-26-3;1-2/h6,9-13,16,19H,4-5,7-8,14H2,1-3H3;1-2H3. The van der Waals surface area contributed by atoms with E-state index in [-0.39, 0.29) is 11.9 Å². The second-order valence-corrected chi connectivity index (χ2v) is 7.10. The summed E-state index contributed by atoms with van der Waals surface area (Å²) in [4.78, 5) is 23.9. The lowest BCUT2D eigenvalue weighted by Crippen LogP contribution is -2.45. The Morgan fingerprint density at radius 2 is 1.86 bits per heavy atom. The first-order chi connectivity index (χ1) is 13.6. The number of aryl methyl sites for hydroxylation is 1. The van der Waals surface area contributed by atoms with E-state index in [1.807, 2.05) is 50.9 Å². The van der Waals surface area contributed by atoms with E-state index < -0.39 is 0 Å². The molecule has 0 radical (unpaired) electrons. The van der Waals surface area contributed by atoms with Crippen molar-refractivity contribution in [1.82, 2.24) is 14.9 Å². The molecule has 28 heavy (non-hydrogen) atoms. The number of ether oxygens (including phenoxy) is 1. The number of hydrogen-bond donors (Lipinski definition) is 0. The molecule has 2 unspecified atom stereocenters. The predicted octanol–water partition coefficient (Wildman–Crippen LogP) is 4.76. The Morgan fingerprint density at radius 3 is 2.54 bits per heavy atom. The highest BCUT2D eigenvalue weighted by Gasteiger charge is 2.32. The van der Waals surface area contributed by atoms with Crippen LogP contribution in [-0.4, -0.2) is 47.6 Å². The Bertz CT molecular complexity index is 747. The van der Waals surface area contributed by atoms with Gasteiger partial charge < -0.3 is 9.64 Å². The van der Waals surface area contributed by atoms with Gasteiger partial charge in [0.15, 0.2) is 5.82 Å². The number of carbonyl (C=O) groups is 1. The summed E-state index contributed by atoms with van der Waals surface area (Å²) in [5.41, 5.74) is 2.51. The van der Waals surface area contributed by atoms with Crippen LogP contribution in [0, 0.1) is 12.8 Å². The molecule has 5 nitrogen and oxygen atoms in total. The molecule has 5 heteroatoms. The zero-order valence-electron chi connectivity index (χ0n) is 17.8. The van der Waals surface area contributed by atoms with Gasteiger partial charge in [-0.1, -0.05) is 44.4 Å². The van der Waals surface area contributed by atoms with Crippen LogP contribution in [0.2, 0.25) is 0 Å². The first-order valence-corrected chi connectivity index (χ1v) is 10.3. The summed E-state index contributed by atoms with van der Waals surface area (Å²) in [6, 6.07) is 7.87. The van der Waals surface area contributed by atoms with Crippen LogP contribution in [0.4, 0.5) is 0 Å². The van der Waals surface area contributed by atoms with Crippen LogP contribution in [0.1, 0.15) is 55.5 Å². The van der Waals surface area contributed by atoms with E-state index in [9.17, 15) is 4.79 Å². The zero-order valence-corrected chi connectivity index (χ0v) is 17.8. The number of methoxy groups -OCH3 is 1. The topological polar surface area (TPSA) is 55.3 Å². The van der Waals surface area contributed by atoms with Crippen LogP contribution in [0.25, 0.3) is 11.4 Å². The molecule has 1 fully saturated rings. The summed E-state index contributed by atoms with van der Waals surface area (Å²) >= 11 is 0. The fourth-order valence-corrected chi connectivity index (χ4v) is 3.92. The quantitative estimate of drug-likeness (QED) is 0.747. The van der Waals surface area contributed by atoms with Crippen molar-refractivity contribution in [2.24, 2.45) is 5.92 Å². The van der Waals surface area contributed by atoms with Crippen LogP contribution in [-0.2, 0) is 4.74 Å². The fourth-order valence-electron chi connectivity index (χ4n) is 3.92. The molecule has 0 saturated heterocycles. The lowest BCUT2D eigenvalue weighted by Gasteiger charge is -2.38. The highest BCUT2D eigenvalue weighted by Crippen LogP contribution is 2.30. The van der Waals surface area contributed by atoms with Crippen LogP contribution in [0.15, 0.2) is 36.7 Å². The second kappa shape index (κ2) is 10.9. The molecule has 1 heterocycles. The van der Waals surface area contributed by atoms with Gasteiger partial charge in [0.25, 0.3) is 5.91 Å². The minimum absolute atomic E-state index is 0.0316. The third kappa shape index (κ3) is 5.16. The molecule has 2 atom stereocenters. The van der Waals surface area contributed by atoms with Gasteiger partial charge in [0.05, 0.1) is 12.2 Å². The monoisotopic (exact) mass is 383 g/mol. The smallest absolute Gasteiger partial charge is 0.254 e. The van der Waals surface area contributed by atoms with E-state index >= 15 is 0 Å². The molecule has 1 aliphatic rings. The number of carbonyl (C=O) groups excluding carboxylic acids is 1. The molecule has 1 aliphatic carbocycles. The molecule has 0 aliphatic heterocycles. The summed E-state index contributed by atoms with van der Waals surface area (Å²) < 4.78 is 5.40. The zero-order chi connectivity index (χ0) is 20.5. The Morgan fingerprint density at radius 1 is 1.18 bits per heavy atom. The Kier molecular flexibility index (Phi) is 8.58. The maximum Gasteiger partial charge on any atom is 0.254 e. The van der Waals surface area contributed by atoms with Gasteiger partial charge in [0.1, 0.15) is 0 Å². The van der Waals surface area contributed by atoms with Gasteiger partial charge in [0.2, 0.25) is 0 Å². The molecule has 152 valence electrons. The summed E-state index contributed by atoms with van der Waals surface area (Å²) in [7, 11) is 3.65. The third-order valence-corrected chi connectivity index (χ3v) is 5.28. The highest BCUT2D eigenvalue weighted by molar-refractivity contribution is 6.00. The predicted molar refractivity (Wildman–Crippen MR) is 113 cm³/mol.